The predicted molar refractivity (Wildman–Crippen MR) is 107 cm³/mol. The Hall–Kier alpha value is -3.48. The molecule has 2 heterocycles. The largest absolute Gasteiger partial charge is 0.481 e. The van der Waals surface area contributed by atoms with Crippen molar-refractivity contribution in [2.75, 3.05) is 0 Å². The summed E-state index contributed by atoms with van der Waals surface area (Å²) in [6, 6.07) is 15.1. The molecule has 7 nitrogen and oxygen atoms in total. The standard InChI is InChI=1S/C21H22N4O3/c1-14(21(27)28)19-18(15(2)23-12-17-10-6-7-11-22-17)20(26)25(24-19)13-16-8-4-3-5-9-16/h3-11,14,24H,12-13H2,1-2H3,(H,27,28). The lowest BCUT2D eigenvalue weighted by molar-refractivity contribution is -0.138. The van der Waals surface area contributed by atoms with Gasteiger partial charge in [0.25, 0.3) is 5.56 Å². The third-order valence-electron chi connectivity index (χ3n) is 4.54. The van der Waals surface area contributed by atoms with Crippen molar-refractivity contribution < 1.29 is 9.90 Å². The van der Waals surface area contributed by atoms with Gasteiger partial charge in [-0.1, -0.05) is 36.4 Å². The SMILES string of the molecule is CC(=NCc1ccccn1)c1c(C(C)C(=O)O)[nH]n(Cc2ccccc2)c1=O. The van der Waals surface area contributed by atoms with E-state index in [2.05, 4.69) is 15.1 Å². The normalized spacial score (nSPS) is 12.7. The molecule has 3 rings (SSSR count). The Morgan fingerprint density at radius 2 is 1.93 bits per heavy atom. The van der Waals surface area contributed by atoms with E-state index in [-0.39, 0.29) is 5.56 Å². The second-order valence-electron chi connectivity index (χ2n) is 6.56. The van der Waals surface area contributed by atoms with Crippen molar-refractivity contribution in [2.45, 2.75) is 32.9 Å². The molecule has 0 bridgehead atoms. The summed E-state index contributed by atoms with van der Waals surface area (Å²) in [6.07, 6.45) is 1.68. The number of hydrogen-bond donors (Lipinski definition) is 2. The zero-order valence-corrected chi connectivity index (χ0v) is 15.8. The number of carboxylic acid groups (broad SMARTS) is 1. The van der Waals surface area contributed by atoms with Gasteiger partial charge in [0.1, 0.15) is 0 Å². The highest BCUT2D eigenvalue weighted by Crippen LogP contribution is 2.17. The Kier molecular flexibility index (Phi) is 5.84. The highest BCUT2D eigenvalue weighted by Gasteiger charge is 2.25. The molecule has 7 heteroatoms. The first-order valence-corrected chi connectivity index (χ1v) is 8.98. The summed E-state index contributed by atoms with van der Waals surface area (Å²) in [7, 11) is 0. The van der Waals surface area contributed by atoms with Gasteiger partial charge in [0, 0.05) is 11.9 Å². The van der Waals surface area contributed by atoms with E-state index in [9.17, 15) is 14.7 Å². The molecule has 0 saturated carbocycles. The molecule has 0 saturated heterocycles. The molecule has 0 fully saturated rings. The Morgan fingerprint density at radius 1 is 1.21 bits per heavy atom. The Labute approximate surface area is 162 Å². The molecule has 1 atom stereocenters. The molecule has 0 spiro atoms. The van der Waals surface area contributed by atoms with Gasteiger partial charge in [0.05, 0.1) is 36.0 Å². The summed E-state index contributed by atoms with van der Waals surface area (Å²) < 4.78 is 1.43. The van der Waals surface area contributed by atoms with Crippen LogP contribution < -0.4 is 5.56 Å². The fraction of sp³-hybridized carbons (Fsp3) is 0.238. The summed E-state index contributed by atoms with van der Waals surface area (Å²) in [5, 5.41) is 12.4. The van der Waals surface area contributed by atoms with Gasteiger partial charge in [-0.05, 0) is 31.5 Å². The van der Waals surface area contributed by atoms with Crippen LogP contribution in [0.4, 0.5) is 0 Å². The van der Waals surface area contributed by atoms with Gasteiger partial charge in [0.2, 0.25) is 0 Å². The van der Waals surface area contributed by atoms with Crippen molar-refractivity contribution >= 4 is 11.7 Å². The predicted octanol–water partition coefficient (Wildman–Crippen LogP) is 2.82. The summed E-state index contributed by atoms with van der Waals surface area (Å²) in [6.45, 7) is 3.91. The van der Waals surface area contributed by atoms with Crippen molar-refractivity contribution in [1.29, 1.82) is 0 Å². The molecule has 0 aliphatic rings. The number of carboxylic acids is 1. The number of aromatic nitrogens is 3. The average molecular weight is 378 g/mol. The number of hydrogen-bond acceptors (Lipinski definition) is 4. The highest BCUT2D eigenvalue weighted by atomic mass is 16.4. The van der Waals surface area contributed by atoms with Crippen molar-refractivity contribution in [3.8, 4) is 0 Å². The van der Waals surface area contributed by atoms with Crippen LogP contribution in [0.2, 0.25) is 0 Å². The number of H-pyrrole nitrogens is 1. The second kappa shape index (κ2) is 8.47. The number of aliphatic carboxylic acids is 1. The smallest absolute Gasteiger partial charge is 0.312 e. The highest BCUT2D eigenvalue weighted by molar-refractivity contribution is 6.00. The molecular weight excluding hydrogens is 356 g/mol. The molecule has 1 unspecified atom stereocenters. The number of rotatable bonds is 7. The lowest BCUT2D eigenvalue weighted by Gasteiger charge is -2.07. The summed E-state index contributed by atoms with van der Waals surface area (Å²) in [5.41, 5.74) is 2.58. The summed E-state index contributed by atoms with van der Waals surface area (Å²) in [4.78, 5) is 33.3. The Morgan fingerprint density at radius 3 is 2.57 bits per heavy atom. The zero-order valence-electron chi connectivity index (χ0n) is 15.8. The minimum Gasteiger partial charge on any atom is -0.481 e. The maximum atomic E-state index is 13.0. The van der Waals surface area contributed by atoms with Crippen LogP contribution in [0, 0.1) is 0 Å². The monoisotopic (exact) mass is 378 g/mol. The summed E-state index contributed by atoms with van der Waals surface area (Å²) in [5.74, 6) is -1.87. The van der Waals surface area contributed by atoms with Crippen LogP contribution in [0.3, 0.4) is 0 Å². The van der Waals surface area contributed by atoms with Gasteiger partial charge >= 0.3 is 5.97 Å². The van der Waals surface area contributed by atoms with E-state index in [0.717, 1.165) is 11.3 Å². The van der Waals surface area contributed by atoms with E-state index in [1.807, 2.05) is 48.5 Å². The third-order valence-corrected chi connectivity index (χ3v) is 4.54. The van der Waals surface area contributed by atoms with E-state index in [1.54, 1.807) is 20.0 Å². The van der Waals surface area contributed by atoms with Crippen molar-refractivity contribution in [2.24, 2.45) is 4.99 Å². The fourth-order valence-electron chi connectivity index (χ4n) is 2.94. The van der Waals surface area contributed by atoms with Crippen molar-refractivity contribution in [3.05, 3.63) is 87.6 Å². The lowest BCUT2D eigenvalue weighted by atomic mass is 10.0. The molecule has 2 N–H and O–H groups in total. The summed E-state index contributed by atoms with van der Waals surface area (Å²) >= 11 is 0. The van der Waals surface area contributed by atoms with Crippen LogP contribution >= 0.6 is 0 Å². The lowest BCUT2D eigenvalue weighted by Crippen LogP contribution is -2.22. The minimum atomic E-state index is -1.01. The van der Waals surface area contributed by atoms with Gasteiger partial charge in [-0.25, -0.2) is 4.68 Å². The van der Waals surface area contributed by atoms with Crippen LogP contribution in [0.5, 0.6) is 0 Å². The topological polar surface area (TPSA) is 100 Å². The van der Waals surface area contributed by atoms with Crippen LogP contribution in [0.15, 0.2) is 64.5 Å². The first-order valence-electron chi connectivity index (χ1n) is 8.98. The van der Waals surface area contributed by atoms with Crippen molar-refractivity contribution in [1.82, 2.24) is 14.8 Å². The second-order valence-corrected chi connectivity index (χ2v) is 6.56. The maximum absolute atomic E-state index is 13.0. The van der Waals surface area contributed by atoms with Crippen molar-refractivity contribution in [3.63, 3.8) is 0 Å². The number of benzene rings is 1. The van der Waals surface area contributed by atoms with E-state index in [4.69, 9.17) is 0 Å². The maximum Gasteiger partial charge on any atom is 0.312 e. The molecule has 3 aromatic rings. The number of carbonyl (C=O) groups is 1. The number of aliphatic imine (C=N–C) groups is 1. The zero-order chi connectivity index (χ0) is 20.1. The average Bonchev–Trinajstić information content (AvgIpc) is 3.03. The molecule has 144 valence electrons. The molecule has 2 aromatic heterocycles. The molecular formula is C21H22N4O3. The Balaban J connectivity index is 2.00. The van der Waals surface area contributed by atoms with Crippen LogP contribution in [-0.2, 0) is 17.9 Å². The molecule has 0 aliphatic heterocycles. The van der Waals surface area contributed by atoms with Gasteiger partial charge in [-0.15, -0.1) is 0 Å². The fourth-order valence-corrected chi connectivity index (χ4v) is 2.94. The number of nitrogens with one attached hydrogen (secondary N) is 1. The van der Waals surface area contributed by atoms with E-state index >= 15 is 0 Å². The van der Waals surface area contributed by atoms with Crippen LogP contribution in [0.1, 0.15) is 42.3 Å². The third kappa shape index (κ3) is 4.25. The number of pyridine rings is 1. The first-order chi connectivity index (χ1) is 13.5. The minimum absolute atomic E-state index is 0.283. The van der Waals surface area contributed by atoms with Gasteiger partial charge in [-0.2, -0.15) is 0 Å². The Bertz CT molecular complexity index is 1040. The van der Waals surface area contributed by atoms with Gasteiger partial charge in [-0.3, -0.25) is 24.7 Å². The van der Waals surface area contributed by atoms with Gasteiger partial charge < -0.3 is 5.11 Å². The van der Waals surface area contributed by atoms with Crippen LogP contribution in [-0.4, -0.2) is 31.6 Å². The molecule has 28 heavy (non-hydrogen) atoms. The molecule has 0 amide bonds. The van der Waals surface area contributed by atoms with E-state index < -0.39 is 11.9 Å². The quantitative estimate of drug-likeness (QED) is 0.617. The van der Waals surface area contributed by atoms with E-state index in [1.165, 1.54) is 4.68 Å². The number of aromatic amines is 1. The molecule has 1 aromatic carbocycles. The number of nitrogens with zero attached hydrogens (tertiary/aromatic N) is 3. The van der Waals surface area contributed by atoms with E-state index in [0.29, 0.717) is 30.1 Å². The first kappa shape index (κ1) is 19.3. The molecule has 0 aliphatic carbocycles. The van der Waals surface area contributed by atoms with Gasteiger partial charge in [0.15, 0.2) is 0 Å². The van der Waals surface area contributed by atoms with Crippen LogP contribution in [0.25, 0.3) is 0 Å². The molecule has 0 radical (unpaired) electrons.